The van der Waals surface area contributed by atoms with Gasteiger partial charge in [-0.2, -0.15) is 4.48 Å². The van der Waals surface area contributed by atoms with Crippen LogP contribution in [0.4, 0.5) is 0 Å². The van der Waals surface area contributed by atoms with E-state index in [-0.39, 0.29) is 28.3 Å². The number of unbranched alkanes of at least 4 members (excludes halogenated alkanes) is 1. The third-order valence-corrected chi connectivity index (χ3v) is 5.73. The molecule has 1 heterocycles. The first kappa shape index (κ1) is 18.9. The van der Waals surface area contributed by atoms with Crippen molar-refractivity contribution in [2.45, 2.75) is 65.3 Å². The summed E-state index contributed by atoms with van der Waals surface area (Å²) >= 11 is 0. The standard InChI is InChI=1S/C21H32NO2/c1-17(2)20(14-8-7-13-19-11-5-4-6-12-19)21(24)22(16-23)15-9-10-18(22)3/h4-6,11-12,16-18,20H,7-10,13-15H2,1-3H3/q+1/t18-,20?,22?/m1/s1. The van der Waals surface area contributed by atoms with Crippen LogP contribution in [-0.4, -0.2) is 29.4 Å². The van der Waals surface area contributed by atoms with Gasteiger partial charge in [-0.05, 0) is 37.7 Å². The number of benzene rings is 1. The Hall–Kier alpha value is -1.48. The molecule has 2 rings (SSSR count). The lowest BCUT2D eigenvalue weighted by molar-refractivity contribution is -0.782. The van der Waals surface area contributed by atoms with Crippen molar-refractivity contribution >= 4 is 12.3 Å². The van der Waals surface area contributed by atoms with Gasteiger partial charge in [-0.1, -0.05) is 50.6 Å². The average molecular weight is 330 g/mol. The van der Waals surface area contributed by atoms with E-state index < -0.39 is 0 Å². The van der Waals surface area contributed by atoms with Crippen molar-refractivity contribution in [3.05, 3.63) is 35.9 Å². The second-order valence-electron chi connectivity index (χ2n) is 7.67. The molecule has 1 aromatic rings. The van der Waals surface area contributed by atoms with Gasteiger partial charge < -0.3 is 0 Å². The van der Waals surface area contributed by atoms with Crippen LogP contribution < -0.4 is 0 Å². The minimum atomic E-state index is -0.00785. The van der Waals surface area contributed by atoms with E-state index in [4.69, 9.17) is 0 Å². The van der Waals surface area contributed by atoms with Crippen molar-refractivity contribution in [1.82, 2.24) is 0 Å². The number of hydrogen-bond donors (Lipinski definition) is 0. The van der Waals surface area contributed by atoms with Gasteiger partial charge in [-0.25, -0.2) is 9.59 Å². The Bertz CT molecular complexity index is 540. The van der Waals surface area contributed by atoms with Gasteiger partial charge in [0.15, 0.2) is 0 Å². The largest absolute Gasteiger partial charge is 0.324 e. The highest BCUT2D eigenvalue weighted by Gasteiger charge is 2.49. The summed E-state index contributed by atoms with van der Waals surface area (Å²) in [5.41, 5.74) is 1.36. The fourth-order valence-corrected chi connectivity index (χ4v) is 4.02. The predicted molar refractivity (Wildman–Crippen MR) is 97.2 cm³/mol. The molecule has 2 unspecified atom stereocenters. The van der Waals surface area contributed by atoms with Crippen molar-refractivity contribution < 1.29 is 14.1 Å². The SMILES string of the molecule is CC(C)C(CCCCc1ccccc1)C(=O)[N+]1(C=O)CCC[C@H]1C. The second kappa shape index (κ2) is 8.57. The molecule has 0 aliphatic carbocycles. The molecule has 0 spiro atoms. The molecule has 24 heavy (non-hydrogen) atoms. The third-order valence-electron chi connectivity index (χ3n) is 5.73. The fraction of sp³-hybridized carbons (Fsp3) is 0.619. The number of carbonyl (C=O) groups is 2. The number of nitrogens with zero attached hydrogens (tertiary/aromatic N) is 1. The Morgan fingerprint density at radius 2 is 1.96 bits per heavy atom. The van der Waals surface area contributed by atoms with Crippen LogP contribution in [0.15, 0.2) is 30.3 Å². The summed E-state index contributed by atoms with van der Waals surface area (Å²) in [6.45, 7) is 6.96. The summed E-state index contributed by atoms with van der Waals surface area (Å²) in [6, 6.07) is 10.6. The van der Waals surface area contributed by atoms with Crippen LogP contribution in [0, 0.1) is 11.8 Å². The minimum Gasteiger partial charge on any atom is -0.233 e. The van der Waals surface area contributed by atoms with E-state index in [0.717, 1.165) is 44.9 Å². The Labute approximate surface area is 146 Å². The van der Waals surface area contributed by atoms with Crippen LogP contribution >= 0.6 is 0 Å². The van der Waals surface area contributed by atoms with Gasteiger partial charge in [0.25, 0.3) is 0 Å². The first-order valence-electron chi connectivity index (χ1n) is 9.43. The topological polar surface area (TPSA) is 34.1 Å². The molecule has 3 nitrogen and oxygen atoms in total. The predicted octanol–water partition coefficient (Wildman–Crippen LogP) is 4.35. The number of aryl methyl sites for hydroxylation is 1. The monoisotopic (exact) mass is 330 g/mol. The third kappa shape index (κ3) is 4.13. The lowest BCUT2D eigenvalue weighted by Gasteiger charge is -2.33. The zero-order chi connectivity index (χ0) is 17.6. The number of hydrogen-bond acceptors (Lipinski definition) is 2. The summed E-state index contributed by atoms with van der Waals surface area (Å²) in [6.07, 6.45) is 6.95. The molecule has 0 bridgehead atoms. The van der Waals surface area contributed by atoms with Gasteiger partial charge in [-0.3, -0.25) is 0 Å². The highest BCUT2D eigenvalue weighted by atomic mass is 16.2. The molecule has 3 atom stereocenters. The summed E-state index contributed by atoms with van der Waals surface area (Å²) < 4.78 is 0.0571. The molecule has 0 aromatic heterocycles. The lowest BCUT2D eigenvalue weighted by atomic mass is 9.87. The Morgan fingerprint density at radius 1 is 1.25 bits per heavy atom. The second-order valence-corrected chi connectivity index (χ2v) is 7.67. The number of carbonyl (C=O) groups excluding carboxylic acids is 2. The number of imide groups is 1. The van der Waals surface area contributed by atoms with Crippen molar-refractivity contribution in [3.8, 4) is 0 Å². The van der Waals surface area contributed by atoms with Crippen LogP contribution in [-0.2, 0) is 16.0 Å². The molecule has 0 saturated carbocycles. The van der Waals surface area contributed by atoms with Crippen molar-refractivity contribution in [3.63, 3.8) is 0 Å². The smallest absolute Gasteiger partial charge is 0.233 e. The first-order chi connectivity index (χ1) is 11.5. The van der Waals surface area contributed by atoms with E-state index in [1.54, 1.807) is 0 Å². The Kier molecular flexibility index (Phi) is 6.73. The van der Waals surface area contributed by atoms with Crippen molar-refractivity contribution in [2.75, 3.05) is 6.54 Å². The maximum Gasteiger partial charge on any atom is 0.324 e. The average Bonchev–Trinajstić information content (AvgIpc) is 2.96. The zero-order valence-electron chi connectivity index (χ0n) is 15.4. The summed E-state index contributed by atoms with van der Waals surface area (Å²) in [4.78, 5) is 24.9. The van der Waals surface area contributed by atoms with Gasteiger partial charge >= 0.3 is 12.3 Å². The molecule has 1 aliphatic heterocycles. The number of rotatable bonds is 8. The molecule has 1 fully saturated rings. The molecule has 0 N–H and O–H groups in total. The maximum absolute atomic E-state index is 13.2. The molecule has 132 valence electrons. The van der Waals surface area contributed by atoms with Gasteiger partial charge in [0.05, 0.1) is 12.5 Å². The molecular formula is C21H32NO2+. The van der Waals surface area contributed by atoms with Gasteiger partial charge in [0.2, 0.25) is 0 Å². The van der Waals surface area contributed by atoms with E-state index in [9.17, 15) is 9.59 Å². The van der Waals surface area contributed by atoms with Crippen LogP contribution in [0.25, 0.3) is 0 Å². The van der Waals surface area contributed by atoms with E-state index in [1.807, 2.05) is 13.0 Å². The van der Waals surface area contributed by atoms with Crippen molar-refractivity contribution in [2.24, 2.45) is 11.8 Å². The van der Waals surface area contributed by atoms with Gasteiger partial charge in [-0.15, -0.1) is 0 Å². The van der Waals surface area contributed by atoms with Crippen LogP contribution in [0.1, 0.15) is 58.4 Å². The van der Waals surface area contributed by atoms with Gasteiger partial charge in [0, 0.05) is 12.8 Å². The highest BCUT2D eigenvalue weighted by Crippen LogP contribution is 2.32. The number of likely N-dealkylation sites (tertiary alicyclic amines) is 1. The Balaban J connectivity index is 1.94. The Morgan fingerprint density at radius 3 is 2.50 bits per heavy atom. The lowest BCUT2D eigenvalue weighted by Crippen LogP contribution is -2.57. The van der Waals surface area contributed by atoms with Gasteiger partial charge in [0.1, 0.15) is 6.04 Å². The van der Waals surface area contributed by atoms with Crippen molar-refractivity contribution in [1.29, 1.82) is 0 Å². The minimum absolute atomic E-state index is 0.00785. The normalized spacial score (nSPS) is 24.9. The summed E-state index contributed by atoms with van der Waals surface area (Å²) in [5, 5.41) is 0. The molecule has 1 aromatic carbocycles. The number of amides is 2. The first-order valence-corrected chi connectivity index (χ1v) is 9.43. The highest BCUT2D eigenvalue weighted by molar-refractivity contribution is 5.78. The van der Waals surface area contributed by atoms with Crippen LogP contribution in [0.3, 0.4) is 0 Å². The maximum atomic E-state index is 13.2. The number of quaternary nitrogens is 1. The van der Waals surface area contributed by atoms with E-state index in [1.165, 1.54) is 5.56 Å². The van der Waals surface area contributed by atoms with Crippen LogP contribution in [0.2, 0.25) is 0 Å². The summed E-state index contributed by atoms with van der Waals surface area (Å²) in [7, 11) is 0. The quantitative estimate of drug-likeness (QED) is 0.403. The molecule has 1 aliphatic rings. The molecule has 1 saturated heterocycles. The van der Waals surface area contributed by atoms with E-state index in [0.29, 0.717) is 6.54 Å². The molecule has 3 heteroatoms. The van der Waals surface area contributed by atoms with E-state index >= 15 is 0 Å². The fourth-order valence-electron chi connectivity index (χ4n) is 4.02. The summed E-state index contributed by atoms with van der Waals surface area (Å²) in [5.74, 6) is 0.438. The molecule has 0 radical (unpaired) electrons. The zero-order valence-corrected chi connectivity index (χ0v) is 15.4. The molecule has 2 amide bonds. The molecular weight excluding hydrogens is 298 g/mol. The van der Waals surface area contributed by atoms with E-state index in [2.05, 4.69) is 38.1 Å². The van der Waals surface area contributed by atoms with Crippen LogP contribution in [0.5, 0.6) is 0 Å².